The van der Waals surface area contributed by atoms with E-state index >= 15 is 0 Å². The van der Waals surface area contributed by atoms with Crippen molar-refractivity contribution in [3.63, 3.8) is 0 Å². The van der Waals surface area contributed by atoms with Crippen LogP contribution in [0.25, 0.3) is 0 Å². The number of nitrogens with zero attached hydrogens (tertiary/aromatic N) is 3. The summed E-state index contributed by atoms with van der Waals surface area (Å²) >= 11 is 0. The highest BCUT2D eigenvalue weighted by Crippen LogP contribution is 2.11. The molecule has 0 aliphatic heterocycles. The van der Waals surface area contributed by atoms with Crippen molar-refractivity contribution < 1.29 is 19.2 Å². The number of aromatic carboxylic acids is 1. The number of rotatable bonds is 4. The van der Waals surface area contributed by atoms with Crippen molar-refractivity contribution in [1.29, 1.82) is 0 Å². The summed E-state index contributed by atoms with van der Waals surface area (Å²) < 4.78 is 4.94. The van der Waals surface area contributed by atoms with Gasteiger partial charge in [-0.1, -0.05) is 5.16 Å². The van der Waals surface area contributed by atoms with Crippen LogP contribution in [0.3, 0.4) is 0 Å². The second kappa shape index (κ2) is 5.47. The Morgan fingerprint density at radius 3 is 2.80 bits per heavy atom. The first-order chi connectivity index (χ1) is 9.47. The third kappa shape index (κ3) is 2.97. The van der Waals surface area contributed by atoms with Gasteiger partial charge in [0.1, 0.15) is 11.7 Å². The highest BCUT2D eigenvalue weighted by Gasteiger charge is 2.17. The van der Waals surface area contributed by atoms with E-state index in [1.54, 1.807) is 13.8 Å². The molecule has 0 aliphatic rings. The van der Waals surface area contributed by atoms with Crippen LogP contribution in [0, 0.1) is 6.92 Å². The maximum atomic E-state index is 12.0. The maximum Gasteiger partial charge on any atom is 0.354 e. The third-order valence-corrected chi connectivity index (χ3v) is 2.50. The van der Waals surface area contributed by atoms with E-state index in [9.17, 15) is 9.59 Å². The molecule has 104 valence electrons. The molecule has 0 saturated heterocycles. The summed E-state index contributed by atoms with van der Waals surface area (Å²) in [4.78, 5) is 30.4. The first-order valence-electron chi connectivity index (χ1n) is 5.78. The predicted molar refractivity (Wildman–Crippen MR) is 66.1 cm³/mol. The van der Waals surface area contributed by atoms with Gasteiger partial charge in [0.05, 0.1) is 0 Å². The smallest absolute Gasteiger partial charge is 0.354 e. The summed E-state index contributed by atoms with van der Waals surface area (Å²) in [5.41, 5.74) is -0.000532. The summed E-state index contributed by atoms with van der Waals surface area (Å²) in [5, 5.41) is 15.1. The fourth-order valence-electron chi connectivity index (χ4n) is 1.52. The Hall–Kier alpha value is -2.77. The zero-order valence-corrected chi connectivity index (χ0v) is 10.8. The second-order valence-electron chi connectivity index (χ2n) is 4.11. The standard InChI is InChI=1S/C12H12N4O4/c1-6(11-15-7(2)16-20-11)14-10(17)8-3-4-13-9(5-8)12(18)19/h3-6H,1-2H3,(H,14,17)(H,18,19). The van der Waals surface area contributed by atoms with Crippen LogP contribution >= 0.6 is 0 Å². The summed E-state index contributed by atoms with van der Waals surface area (Å²) in [7, 11) is 0. The van der Waals surface area contributed by atoms with E-state index in [0.717, 1.165) is 0 Å². The molecule has 2 aromatic heterocycles. The van der Waals surface area contributed by atoms with E-state index in [0.29, 0.717) is 5.82 Å². The minimum absolute atomic E-state index is 0.195. The molecule has 8 heteroatoms. The van der Waals surface area contributed by atoms with Gasteiger partial charge < -0.3 is 14.9 Å². The molecule has 1 unspecified atom stereocenters. The fourth-order valence-corrected chi connectivity index (χ4v) is 1.52. The Morgan fingerprint density at radius 2 is 2.20 bits per heavy atom. The van der Waals surface area contributed by atoms with Crippen molar-refractivity contribution in [1.82, 2.24) is 20.4 Å². The van der Waals surface area contributed by atoms with Crippen molar-refractivity contribution in [3.8, 4) is 0 Å². The highest BCUT2D eigenvalue weighted by molar-refractivity contribution is 5.96. The quantitative estimate of drug-likeness (QED) is 0.853. The molecule has 0 saturated carbocycles. The largest absolute Gasteiger partial charge is 0.477 e. The van der Waals surface area contributed by atoms with Crippen molar-refractivity contribution >= 4 is 11.9 Å². The van der Waals surface area contributed by atoms with E-state index in [4.69, 9.17) is 9.63 Å². The van der Waals surface area contributed by atoms with Gasteiger partial charge in [-0.25, -0.2) is 9.78 Å². The molecule has 0 bridgehead atoms. The van der Waals surface area contributed by atoms with Crippen LogP contribution in [-0.2, 0) is 0 Å². The lowest BCUT2D eigenvalue weighted by Gasteiger charge is -2.09. The lowest BCUT2D eigenvalue weighted by molar-refractivity contribution is 0.0690. The fraction of sp³-hybridized carbons (Fsp3) is 0.250. The Kier molecular flexibility index (Phi) is 3.74. The Balaban J connectivity index is 2.12. The van der Waals surface area contributed by atoms with E-state index < -0.39 is 17.9 Å². The number of amides is 1. The molecule has 2 aromatic rings. The van der Waals surface area contributed by atoms with Crippen LogP contribution < -0.4 is 5.32 Å². The Morgan fingerprint density at radius 1 is 1.45 bits per heavy atom. The molecular weight excluding hydrogens is 264 g/mol. The van der Waals surface area contributed by atoms with Crippen LogP contribution in [0.2, 0.25) is 0 Å². The van der Waals surface area contributed by atoms with Crippen LogP contribution in [-0.4, -0.2) is 32.1 Å². The van der Waals surface area contributed by atoms with Crippen LogP contribution in [0.15, 0.2) is 22.9 Å². The topological polar surface area (TPSA) is 118 Å². The number of pyridine rings is 1. The number of carboxylic acids is 1. The number of carbonyl (C=O) groups is 2. The normalized spacial score (nSPS) is 11.9. The zero-order chi connectivity index (χ0) is 14.7. The molecular formula is C12H12N4O4. The van der Waals surface area contributed by atoms with Crippen LogP contribution in [0.5, 0.6) is 0 Å². The highest BCUT2D eigenvalue weighted by atomic mass is 16.5. The number of hydrogen-bond donors (Lipinski definition) is 2. The van der Waals surface area contributed by atoms with E-state index in [1.807, 2.05) is 0 Å². The van der Waals surface area contributed by atoms with Gasteiger partial charge in [-0.15, -0.1) is 0 Å². The van der Waals surface area contributed by atoms with Gasteiger partial charge in [-0.2, -0.15) is 4.98 Å². The number of aromatic nitrogens is 3. The van der Waals surface area contributed by atoms with Gasteiger partial charge in [0.25, 0.3) is 5.91 Å². The van der Waals surface area contributed by atoms with Gasteiger partial charge in [0, 0.05) is 11.8 Å². The SMILES string of the molecule is Cc1noc(C(C)NC(=O)c2ccnc(C(=O)O)c2)n1. The molecule has 2 rings (SSSR count). The Bertz CT molecular complexity index is 652. The van der Waals surface area contributed by atoms with Gasteiger partial charge in [0.2, 0.25) is 5.89 Å². The van der Waals surface area contributed by atoms with Crippen molar-refractivity contribution in [2.24, 2.45) is 0 Å². The molecule has 2 N–H and O–H groups in total. The number of aryl methyl sites for hydroxylation is 1. The zero-order valence-electron chi connectivity index (χ0n) is 10.8. The number of nitrogens with one attached hydrogen (secondary N) is 1. The van der Waals surface area contributed by atoms with Gasteiger partial charge in [-0.3, -0.25) is 4.79 Å². The third-order valence-electron chi connectivity index (χ3n) is 2.50. The number of hydrogen-bond acceptors (Lipinski definition) is 6. The van der Waals surface area contributed by atoms with Gasteiger partial charge in [-0.05, 0) is 26.0 Å². The van der Waals surface area contributed by atoms with Gasteiger partial charge in [0.15, 0.2) is 5.82 Å². The van der Waals surface area contributed by atoms with Gasteiger partial charge >= 0.3 is 5.97 Å². The minimum Gasteiger partial charge on any atom is -0.477 e. The molecule has 2 heterocycles. The van der Waals surface area contributed by atoms with Crippen molar-refractivity contribution in [3.05, 3.63) is 41.3 Å². The van der Waals surface area contributed by atoms with E-state index in [2.05, 4.69) is 20.4 Å². The molecule has 0 aliphatic carbocycles. The lowest BCUT2D eigenvalue weighted by atomic mass is 10.2. The Labute approximate surface area is 113 Å². The molecule has 1 atom stereocenters. The first-order valence-corrected chi connectivity index (χ1v) is 5.78. The molecule has 8 nitrogen and oxygen atoms in total. The molecule has 0 spiro atoms. The summed E-state index contributed by atoms with van der Waals surface area (Å²) in [5.74, 6) is -0.889. The molecule has 20 heavy (non-hydrogen) atoms. The minimum atomic E-state index is -1.19. The van der Waals surface area contributed by atoms with Crippen LogP contribution in [0.1, 0.15) is 45.5 Å². The van der Waals surface area contributed by atoms with E-state index in [-0.39, 0.29) is 17.1 Å². The average Bonchev–Trinajstić information content (AvgIpc) is 2.85. The predicted octanol–water partition coefficient (Wildman–Crippen LogP) is 0.962. The maximum absolute atomic E-state index is 12.0. The average molecular weight is 276 g/mol. The number of carbonyl (C=O) groups excluding carboxylic acids is 1. The van der Waals surface area contributed by atoms with Crippen molar-refractivity contribution in [2.75, 3.05) is 0 Å². The second-order valence-corrected chi connectivity index (χ2v) is 4.11. The molecule has 0 fully saturated rings. The summed E-state index contributed by atoms with van der Waals surface area (Å²) in [6.07, 6.45) is 1.26. The number of carboxylic acid groups (broad SMARTS) is 1. The van der Waals surface area contributed by atoms with Crippen LogP contribution in [0.4, 0.5) is 0 Å². The summed E-state index contributed by atoms with van der Waals surface area (Å²) in [6, 6.07) is 2.14. The first kappa shape index (κ1) is 13.7. The summed E-state index contributed by atoms with van der Waals surface area (Å²) in [6.45, 7) is 3.35. The lowest BCUT2D eigenvalue weighted by Crippen LogP contribution is -2.27. The van der Waals surface area contributed by atoms with E-state index in [1.165, 1.54) is 18.3 Å². The monoisotopic (exact) mass is 276 g/mol. The molecule has 1 amide bonds. The van der Waals surface area contributed by atoms with Crippen molar-refractivity contribution in [2.45, 2.75) is 19.9 Å². The molecule has 0 radical (unpaired) electrons. The molecule has 0 aromatic carbocycles.